The summed E-state index contributed by atoms with van der Waals surface area (Å²) in [5.41, 5.74) is 0. The number of rotatable bonds is 0. The predicted molar refractivity (Wildman–Crippen MR) is 92.0 cm³/mol. The van der Waals surface area contributed by atoms with Gasteiger partial charge in [-0.05, 0) is 0 Å². The molecule has 4 radical (unpaired) electrons. The van der Waals surface area contributed by atoms with Gasteiger partial charge in [0, 0.05) is 0 Å². The summed E-state index contributed by atoms with van der Waals surface area (Å²) in [5.74, 6) is 0. The van der Waals surface area contributed by atoms with Crippen molar-refractivity contribution >= 4 is 112 Å². The zero-order valence-corrected chi connectivity index (χ0v) is 21.5. The van der Waals surface area contributed by atoms with Gasteiger partial charge in [0.15, 0.2) is 12.6 Å². The molecule has 0 spiro atoms. The van der Waals surface area contributed by atoms with E-state index in [1.165, 1.54) is 0 Å². The minimum atomic E-state index is -1.97. The van der Waals surface area contributed by atoms with Gasteiger partial charge in [-0.2, -0.15) is 0 Å². The van der Waals surface area contributed by atoms with E-state index in [0.717, 1.165) is 0 Å². The van der Waals surface area contributed by atoms with Crippen LogP contribution >= 0.6 is 69.6 Å². The average Bonchev–Trinajstić information content (AvgIpc) is 2.17. The van der Waals surface area contributed by atoms with Crippen LogP contribution in [0.25, 0.3) is 0 Å². The Balaban J connectivity index is -0.0000000927. The van der Waals surface area contributed by atoms with Crippen molar-refractivity contribution in [3.05, 3.63) is 0 Å². The van der Waals surface area contributed by atoms with Crippen LogP contribution in [0, 0.1) is 0 Å². The van der Waals surface area contributed by atoms with E-state index in [1.54, 1.807) is 0 Å². The maximum absolute atomic E-state index is 8.05. The molecule has 0 fully saturated rings. The topological polar surface area (TPSA) is 80.9 Å². The third-order valence-corrected chi connectivity index (χ3v) is 1.76. The Morgan fingerprint density at radius 3 is 0.650 bits per heavy atom. The SMILES string of the molecule is OC(O)C(Cl)(Cl)Cl.OC(O)C(Cl)(Cl)Cl.[CH3][Sn][CH3].[CH3][Sn][CH3]. The summed E-state index contributed by atoms with van der Waals surface area (Å²) in [6.45, 7) is 0. The molecule has 0 heterocycles. The van der Waals surface area contributed by atoms with Crippen molar-refractivity contribution in [1.82, 2.24) is 0 Å². The Morgan fingerprint density at radius 2 is 0.650 bits per heavy atom. The normalized spacial score (nSPS) is 10.8. The van der Waals surface area contributed by atoms with Crippen molar-refractivity contribution in [3.8, 4) is 0 Å². The number of hydrogen-bond donors (Lipinski definition) is 4. The second-order valence-corrected chi connectivity index (χ2v) is 13.3. The van der Waals surface area contributed by atoms with Crippen LogP contribution in [-0.4, -0.2) is 82.9 Å². The molecule has 0 aromatic rings. The molecule has 0 aliphatic heterocycles. The fourth-order valence-corrected chi connectivity index (χ4v) is 0. The van der Waals surface area contributed by atoms with Crippen molar-refractivity contribution in [1.29, 1.82) is 0 Å². The number of alkyl halides is 6. The predicted octanol–water partition coefficient (Wildman–Crippen LogP) is 2.91. The fourth-order valence-electron chi connectivity index (χ4n) is 0. The van der Waals surface area contributed by atoms with Crippen LogP contribution in [0.5, 0.6) is 0 Å². The number of halogens is 6. The van der Waals surface area contributed by atoms with Gasteiger partial charge < -0.3 is 20.4 Å². The Labute approximate surface area is 170 Å². The first-order valence-corrected chi connectivity index (χ1v) is 18.4. The van der Waals surface area contributed by atoms with Crippen molar-refractivity contribution in [2.75, 3.05) is 0 Å². The van der Waals surface area contributed by atoms with Crippen molar-refractivity contribution in [2.45, 2.75) is 39.9 Å². The molecule has 0 saturated carbocycles. The van der Waals surface area contributed by atoms with Crippen molar-refractivity contribution in [2.24, 2.45) is 0 Å². The molecule has 0 aliphatic carbocycles. The molecule has 124 valence electrons. The first kappa shape index (κ1) is 31.0. The molecule has 12 heteroatoms. The zero-order chi connectivity index (χ0) is 17.6. The molecule has 0 aromatic carbocycles. The molecule has 0 amide bonds. The van der Waals surface area contributed by atoms with Gasteiger partial charge in [-0.3, -0.25) is 0 Å². The third-order valence-electron chi connectivity index (χ3n) is 0.586. The molecule has 0 unspecified atom stereocenters. The molecule has 0 aliphatic rings. The van der Waals surface area contributed by atoms with Crippen LogP contribution in [0.1, 0.15) is 0 Å². The van der Waals surface area contributed by atoms with Crippen LogP contribution in [0.3, 0.4) is 0 Å². The molecule has 0 rings (SSSR count). The van der Waals surface area contributed by atoms with Crippen molar-refractivity contribution < 1.29 is 20.4 Å². The van der Waals surface area contributed by atoms with Gasteiger partial charge in [-0.15, -0.1) is 0 Å². The molecular weight excluding hydrogens is 610 g/mol. The molecule has 0 aromatic heterocycles. The standard InChI is InChI=1S/2C2H3Cl3O2.4CH3.2Sn/c2*3-2(4,5)1(6)7;;;;;;/h2*1,6-7H;4*1H3;;. The van der Waals surface area contributed by atoms with E-state index in [1.807, 2.05) is 0 Å². The molecule has 0 saturated heterocycles. The van der Waals surface area contributed by atoms with Crippen LogP contribution in [0.2, 0.25) is 19.8 Å². The molecule has 4 nitrogen and oxygen atoms in total. The van der Waals surface area contributed by atoms with E-state index in [-0.39, 0.29) is 42.3 Å². The molecule has 4 N–H and O–H groups in total. The number of hydrogen-bond acceptors (Lipinski definition) is 4. The Kier molecular flexibility index (Phi) is 28.7. The van der Waals surface area contributed by atoms with Crippen LogP contribution < -0.4 is 0 Å². The van der Waals surface area contributed by atoms with E-state index in [9.17, 15) is 0 Å². The quantitative estimate of drug-likeness (QED) is 0.189. The summed E-state index contributed by atoms with van der Waals surface area (Å²) in [6.07, 6.45) is -3.81. The van der Waals surface area contributed by atoms with E-state index in [0.29, 0.717) is 0 Å². The first-order valence-electron chi connectivity index (χ1n) is 4.74. The fraction of sp³-hybridized carbons (Fsp3) is 1.00. The zero-order valence-electron chi connectivity index (χ0n) is 11.2. The summed E-state index contributed by atoms with van der Waals surface area (Å²) in [4.78, 5) is 9.18. The van der Waals surface area contributed by atoms with E-state index < -0.39 is 20.2 Å². The number of aliphatic hydroxyl groups excluding tert-OH is 2. The van der Waals surface area contributed by atoms with E-state index in [2.05, 4.69) is 19.8 Å². The van der Waals surface area contributed by atoms with E-state index in [4.69, 9.17) is 90.0 Å². The van der Waals surface area contributed by atoms with Crippen molar-refractivity contribution in [3.63, 3.8) is 0 Å². The second kappa shape index (κ2) is 18.5. The van der Waals surface area contributed by atoms with Gasteiger partial charge in [-0.25, -0.2) is 0 Å². The maximum atomic E-state index is 8.05. The summed E-state index contributed by atoms with van der Waals surface area (Å²) in [5, 5.41) is 32.2. The summed E-state index contributed by atoms with van der Waals surface area (Å²) in [6, 6.07) is 0. The Bertz CT molecular complexity index is 167. The number of aliphatic hydroxyl groups is 4. The van der Waals surface area contributed by atoms with Gasteiger partial charge >= 0.3 is 62.0 Å². The van der Waals surface area contributed by atoms with Gasteiger partial charge in [0.05, 0.1) is 0 Å². The van der Waals surface area contributed by atoms with E-state index >= 15 is 0 Å². The van der Waals surface area contributed by atoms with Gasteiger partial charge in [-0.1, -0.05) is 69.6 Å². The van der Waals surface area contributed by atoms with Gasteiger partial charge in [0.2, 0.25) is 7.59 Å². The monoisotopic (exact) mass is 628 g/mol. The first-order chi connectivity index (χ1) is 8.72. The molecular formula is C8H18Cl6O4Sn2. The summed E-state index contributed by atoms with van der Waals surface area (Å²) in [7, 11) is 0. The second-order valence-electron chi connectivity index (χ2n) is 2.83. The Morgan fingerprint density at radius 1 is 0.600 bits per heavy atom. The van der Waals surface area contributed by atoms with Gasteiger partial charge in [0.1, 0.15) is 0 Å². The molecule has 0 atom stereocenters. The van der Waals surface area contributed by atoms with Crippen LogP contribution in [0.15, 0.2) is 0 Å². The van der Waals surface area contributed by atoms with Crippen LogP contribution in [0.4, 0.5) is 0 Å². The van der Waals surface area contributed by atoms with Crippen LogP contribution in [-0.2, 0) is 0 Å². The third kappa shape index (κ3) is 37.4. The summed E-state index contributed by atoms with van der Waals surface area (Å²) >= 11 is 29.9. The van der Waals surface area contributed by atoms with Gasteiger partial charge in [0.25, 0.3) is 0 Å². The molecule has 20 heavy (non-hydrogen) atoms. The molecule has 0 bridgehead atoms. The minimum absolute atomic E-state index is 0.230. The summed E-state index contributed by atoms with van der Waals surface area (Å²) < 4.78 is -3.94. The Hall–Kier alpha value is 3.18. The average molecular weight is 628 g/mol.